The fourth-order valence-electron chi connectivity index (χ4n) is 2.53. The minimum absolute atomic E-state index is 0.0240. The summed E-state index contributed by atoms with van der Waals surface area (Å²) in [5.74, 6) is 2.20. The zero-order valence-corrected chi connectivity index (χ0v) is 14.9. The maximum absolute atomic E-state index is 11.6. The van der Waals surface area contributed by atoms with Crippen molar-refractivity contribution in [3.63, 3.8) is 0 Å². The third-order valence-corrected chi connectivity index (χ3v) is 3.80. The zero-order chi connectivity index (χ0) is 18.4. The van der Waals surface area contributed by atoms with Crippen molar-refractivity contribution in [2.75, 3.05) is 18.5 Å². The molecule has 3 rings (SSSR count). The van der Waals surface area contributed by atoms with Crippen LogP contribution in [0, 0.1) is 6.92 Å². The van der Waals surface area contributed by atoms with Crippen LogP contribution in [-0.2, 0) is 0 Å². The lowest BCUT2D eigenvalue weighted by Crippen LogP contribution is -2.13. The Balaban J connectivity index is 1.68. The number of hydrogen-bond acceptors (Lipinski definition) is 5. The summed E-state index contributed by atoms with van der Waals surface area (Å²) in [4.78, 5) is 20.6. The third kappa shape index (κ3) is 4.66. The summed E-state index contributed by atoms with van der Waals surface area (Å²) in [7, 11) is 0. The zero-order valence-electron chi connectivity index (χ0n) is 14.9. The molecule has 132 valence electrons. The van der Waals surface area contributed by atoms with Crippen LogP contribution in [0.3, 0.4) is 0 Å². The van der Waals surface area contributed by atoms with E-state index in [1.54, 1.807) is 13.0 Å². The number of nitrogens with zero attached hydrogens (tertiary/aromatic N) is 2. The number of anilines is 1. The molecular formula is C21H21N3O2. The van der Waals surface area contributed by atoms with E-state index in [9.17, 15) is 4.79 Å². The Hall–Kier alpha value is -3.21. The van der Waals surface area contributed by atoms with Crippen molar-refractivity contribution in [2.45, 2.75) is 13.8 Å². The second-order valence-electron chi connectivity index (χ2n) is 5.94. The molecule has 0 aliphatic carbocycles. The van der Waals surface area contributed by atoms with Crippen molar-refractivity contribution in [3.05, 3.63) is 71.9 Å². The molecular weight excluding hydrogens is 326 g/mol. The molecule has 0 fully saturated rings. The molecule has 1 aromatic heterocycles. The highest BCUT2D eigenvalue weighted by atomic mass is 16.5. The van der Waals surface area contributed by atoms with Gasteiger partial charge in [-0.1, -0.05) is 36.4 Å². The average molecular weight is 347 g/mol. The average Bonchev–Trinajstić information content (AvgIpc) is 2.66. The molecule has 0 saturated heterocycles. The molecule has 3 aromatic rings. The van der Waals surface area contributed by atoms with Gasteiger partial charge in [-0.3, -0.25) is 4.79 Å². The van der Waals surface area contributed by atoms with E-state index in [-0.39, 0.29) is 5.78 Å². The molecule has 0 bridgehead atoms. The highest BCUT2D eigenvalue weighted by Gasteiger charge is 2.07. The van der Waals surface area contributed by atoms with Crippen molar-refractivity contribution in [2.24, 2.45) is 0 Å². The number of aromatic nitrogens is 2. The highest BCUT2D eigenvalue weighted by molar-refractivity contribution is 5.95. The fraction of sp³-hybridized carbons (Fsp3) is 0.190. The van der Waals surface area contributed by atoms with Crippen LogP contribution in [-0.4, -0.2) is 28.9 Å². The van der Waals surface area contributed by atoms with Crippen LogP contribution >= 0.6 is 0 Å². The fourth-order valence-corrected chi connectivity index (χ4v) is 2.53. The first-order chi connectivity index (χ1) is 12.6. The van der Waals surface area contributed by atoms with E-state index < -0.39 is 0 Å². The molecule has 0 spiro atoms. The Labute approximate surface area is 153 Å². The summed E-state index contributed by atoms with van der Waals surface area (Å²) in [6.45, 7) is 4.63. The van der Waals surface area contributed by atoms with Gasteiger partial charge < -0.3 is 10.1 Å². The minimum Gasteiger partial charge on any atom is -0.492 e. The number of nitrogens with one attached hydrogen (secondary N) is 1. The number of aryl methyl sites for hydroxylation is 1. The van der Waals surface area contributed by atoms with E-state index in [2.05, 4.69) is 15.3 Å². The predicted octanol–water partition coefficient (Wildman–Crippen LogP) is 4.15. The van der Waals surface area contributed by atoms with Gasteiger partial charge in [0.05, 0.1) is 6.54 Å². The molecule has 0 saturated carbocycles. The normalized spacial score (nSPS) is 10.4. The van der Waals surface area contributed by atoms with Gasteiger partial charge in [0, 0.05) is 22.9 Å². The lowest BCUT2D eigenvalue weighted by atomic mass is 10.1. The van der Waals surface area contributed by atoms with Gasteiger partial charge in [0.2, 0.25) is 0 Å². The Kier molecular flexibility index (Phi) is 5.59. The van der Waals surface area contributed by atoms with E-state index in [0.717, 1.165) is 22.8 Å². The summed E-state index contributed by atoms with van der Waals surface area (Å²) in [5.41, 5.74) is 2.33. The number of para-hydroxylation sites is 1. The number of carbonyl (C=O) groups excluding carboxylic acids is 1. The number of hydrogen-bond donors (Lipinski definition) is 1. The summed E-state index contributed by atoms with van der Waals surface area (Å²) in [5, 5.41) is 3.26. The number of rotatable bonds is 7. The minimum atomic E-state index is 0.0240. The van der Waals surface area contributed by atoms with Crippen LogP contribution in [0.2, 0.25) is 0 Å². The number of benzene rings is 2. The monoisotopic (exact) mass is 347 g/mol. The number of ketones is 1. The van der Waals surface area contributed by atoms with E-state index in [0.29, 0.717) is 24.5 Å². The van der Waals surface area contributed by atoms with E-state index >= 15 is 0 Å². The van der Waals surface area contributed by atoms with Gasteiger partial charge in [0.25, 0.3) is 0 Å². The predicted molar refractivity (Wildman–Crippen MR) is 103 cm³/mol. The largest absolute Gasteiger partial charge is 0.492 e. The van der Waals surface area contributed by atoms with Crippen molar-refractivity contribution in [3.8, 4) is 17.1 Å². The first-order valence-corrected chi connectivity index (χ1v) is 8.50. The van der Waals surface area contributed by atoms with Crippen LogP contribution in [0.25, 0.3) is 11.4 Å². The second-order valence-corrected chi connectivity index (χ2v) is 5.94. The smallest absolute Gasteiger partial charge is 0.161 e. The summed E-state index contributed by atoms with van der Waals surface area (Å²) >= 11 is 0. The molecule has 0 amide bonds. The molecule has 1 N–H and O–H groups in total. The molecule has 26 heavy (non-hydrogen) atoms. The van der Waals surface area contributed by atoms with Crippen molar-refractivity contribution in [1.29, 1.82) is 0 Å². The van der Waals surface area contributed by atoms with Gasteiger partial charge in [0.15, 0.2) is 11.6 Å². The van der Waals surface area contributed by atoms with Gasteiger partial charge in [0.1, 0.15) is 18.2 Å². The van der Waals surface area contributed by atoms with Gasteiger partial charge in [-0.2, -0.15) is 0 Å². The van der Waals surface area contributed by atoms with Gasteiger partial charge in [-0.05, 0) is 32.0 Å². The van der Waals surface area contributed by atoms with Crippen molar-refractivity contribution in [1.82, 2.24) is 9.97 Å². The maximum atomic E-state index is 11.6. The topological polar surface area (TPSA) is 64.1 Å². The summed E-state index contributed by atoms with van der Waals surface area (Å²) in [6.07, 6.45) is 0. The molecule has 0 atom stereocenters. The molecule has 0 aliphatic heterocycles. The van der Waals surface area contributed by atoms with Crippen molar-refractivity contribution < 1.29 is 9.53 Å². The number of ether oxygens (including phenoxy) is 1. The first kappa shape index (κ1) is 17.6. The van der Waals surface area contributed by atoms with Crippen LogP contribution in [0.1, 0.15) is 23.0 Å². The molecule has 5 heteroatoms. The third-order valence-electron chi connectivity index (χ3n) is 3.80. The molecule has 0 unspecified atom stereocenters. The molecule has 0 radical (unpaired) electrons. The van der Waals surface area contributed by atoms with Crippen LogP contribution < -0.4 is 10.1 Å². The lowest BCUT2D eigenvalue weighted by Gasteiger charge is -2.10. The highest BCUT2D eigenvalue weighted by Crippen LogP contribution is 2.19. The van der Waals surface area contributed by atoms with Gasteiger partial charge in [-0.25, -0.2) is 9.97 Å². The summed E-state index contributed by atoms with van der Waals surface area (Å²) < 4.78 is 5.67. The molecule has 0 aliphatic rings. The quantitative estimate of drug-likeness (QED) is 0.514. The Morgan fingerprint density at radius 1 is 1.04 bits per heavy atom. The molecule has 2 aromatic carbocycles. The molecule has 1 heterocycles. The van der Waals surface area contributed by atoms with Crippen LogP contribution in [0.5, 0.6) is 5.75 Å². The summed E-state index contributed by atoms with van der Waals surface area (Å²) in [6, 6.07) is 18.9. The van der Waals surface area contributed by atoms with Crippen molar-refractivity contribution >= 4 is 11.6 Å². The van der Waals surface area contributed by atoms with Crippen LogP contribution in [0.4, 0.5) is 5.82 Å². The van der Waals surface area contributed by atoms with Gasteiger partial charge >= 0.3 is 0 Å². The Morgan fingerprint density at radius 3 is 2.62 bits per heavy atom. The van der Waals surface area contributed by atoms with E-state index in [1.807, 2.05) is 61.5 Å². The molecule has 5 nitrogen and oxygen atoms in total. The standard InChI is InChI=1S/C21H21N3O2/c1-15-13-20(22-11-12-26-19-9-4-3-5-10-19)24-21(23-15)18-8-6-7-17(14-18)16(2)25/h3-10,13-14H,11-12H2,1-2H3,(H,22,23,24). The first-order valence-electron chi connectivity index (χ1n) is 8.50. The Bertz CT molecular complexity index is 895. The van der Waals surface area contributed by atoms with Gasteiger partial charge in [-0.15, -0.1) is 0 Å². The second kappa shape index (κ2) is 8.25. The number of carbonyl (C=O) groups is 1. The maximum Gasteiger partial charge on any atom is 0.161 e. The SMILES string of the molecule is CC(=O)c1cccc(-c2nc(C)cc(NCCOc3ccccc3)n2)c1. The lowest BCUT2D eigenvalue weighted by molar-refractivity contribution is 0.101. The van der Waals surface area contributed by atoms with E-state index in [4.69, 9.17) is 4.74 Å². The Morgan fingerprint density at radius 2 is 1.85 bits per heavy atom. The van der Waals surface area contributed by atoms with E-state index in [1.165, 1.54) is 0 Å². The number of Topliss-reactive ketones (excluding diaryl/α,β-unsaturated/α-hetero) is 1. The van der Waals surface area contributed by atoms with Crippen LogP contribution in [0.15, 0.2) is 60.7 Å².